The molecule has 1 aliphatic rings. The molecule has 6 nitrogen and oxygen atoms in total. The summed E-state index contributed by atoms with van der Waals surface area (Å²) in [7, 11) is 0. The molecular weight excluding hydrogens is 339 g/mol. The maximum Gasteiger partial charge on any atom is 0.242 e. The number of hydrogen-bond acceptors (Lipinski definition) is 4. The molecule has 0 bridgehead atoms. The van der Waals surface area contributed by atoms with E-state index in [2.05, 4.69) is 4.90 Å². The molecule has 0 spiro atoms. The van der Waals surface area contributed by atoms with Crippen molar-refractivity contribution in [2.45, 2.75) is 39.7 Å². The molecule has 0 unspecified atom stereocenters. The normalized spacial score (nSPS) is 16.0. The van der Waals surface area contributed by atoms with Gasteiger partial charge >= 0.3 is 0 Å². The lowest BCUT2D eigenvalue weighted by molar-refractivity contribution is -0.135. The van der Waals surface area contributed by atoms with Gasteiger partial charge in [-0.2, -0.15) is 0 Å². The second kappa shape index (κ2) is 11.1. The number of likely N-dealkylation sites (N-methyl/N-ethyl adjacent to an activating group) is 1. The van der Waals surface area contributed by atoms with Crippen LogP contribution in [0.5, 0.6) is 0 Å². The molecule has 1 heterocycles. The van der Waals surface area contributed by atoms with Crippen LogP contribution in [-0.2, 0) is 9.59 Å². The van der Waals surface area contributed by atoms with Crippen LogP contribution in [0.1, 0.15) is 34.1 Å². The zero-order valence-corrected chi connectivity index (χ0v) is 16.3. The summed E-state index contributed by atoms with van der Waals surface area (Å²) in [4.78, 5) is 30.2. The predicted molar refractivity (Wildman–Crippen MR) is 98.3 cm³/mol. The van der Waals surface area contributed by atoms with Crippen LogP contribution in [0.15, 0.2) is 0 Å². The summed E-state index contributed by atoms with van der Waals surface area (Å²) < 4.78 is 0. The Morgan fingerprint density at radius 1 is 1.04 bits per heavy atom. The van der Waals surface area contributed by atoms with Crippen LogP contribution in [0.25, 0.3) is 0 Å². The minimum atomic E-state index is -0.827. The summed E-state index contributed by atoms with van der Waals surface area (Å²) in [6, 6.07) is 0. The highest BCUT2D eigenvalue weighted by molar-refractivity contribution is 5.86. The standard InChI is InChI=1S/C15H30N4O2.2ClH/c1-5-18(6-2)13(20)12-17-8-7-9-19(11-10-17)14(21)15(3,4)16;;/h5-12,16H2,1-4H3;2*1H. The first kappa shape index (κ1) is 24.7. The fourth-order valence-corrected chi connectivity index (χ4v) is 2.61. The van der Waals surface area contributed by atoms with Crippen LogP contribution in [0.3, 0.4) is 0 Å². The molecule has 138 valence electrons. The van der Waals surface area contributed by atoms with Gasteiger partial charge in [-0.05, 0) is 34.1 Å². The van der Waals surface area contributed by atoms with Gasteiger partial charge in [-0.1, -0.05) is 0 Å². The van der Waals surface area contributed by atoms with Crippen molar-refractivity contribution in [3.8, 4) is 0 Å². The number of hydrogen-bond donors (Lipinski definition) is 1. The van der Waals surface area contributed by atoms with E-state index in [9.17, 15) is 9.59 Å². The minimum Gasteiger partial charge on any atom is -0.342 e. The first-order chi connectivity index (χ1) is 9.79. The molecule has 0 radical (unpaired) electrons. The maximum atomic E-state index is 12.2. The van der Waals surface area contributed by atoms with Crippen molar-refractivity contribution >= 4 is 36.6 Å². The second-order valence-electron chi connectivity index (χ2n) is 6.21. The largest absolute Gasteiger partial charge is 0.342 e. The highest BCUT2D eigenvalue weighted by Gasteiger charge is 2.29. The first-order valence-electron chi connectivity index (χ1n) is 7.88. The molecule has 0 aromatic heterocycles. The molecule has 1 aliphatic heterocycles. The predicted octanol–water partition coefficient (Wildman–Crippen LogP) is 0.970. The fourth-order valence-electron chi connectivity index (χ4n) is 2.61. The van der Waals surface area contributed by atoms with E-state index in [0.29, 0.717) is 13.1 Å². The molecule has 23 heavy (non-hydrogen) atoms. The third-order valence-electron chi connectivity index (χ3n) is 3.90. The number of halogens is 2. The summed E-state index contributed by atoms with van der Waals surface area (Å²) in [5.74, 6) is 0.151. The Labute approximate surface area is 152 Å². The van der Waals surface area contributed by atoms with Gasteiger partial charge in [-0.3, -0.25) is 14.5 Å². The van der Waals surface area contributed by atoms with Crippen LogP contribution in [0.2, 0.25) is 0 Å². The van der Waals surface area contributed by atoms with Gasteiger partial charge in [0.15, 0.2) is 0 Å². The van der Waals surface area contributed by atoms with E-state index in [1.165, 1.54) is 0 Å². The second-order valence-corrected chi connectivity index (χ2v) is 6.21. The van der Waals surface area contributed by atoms with E-state index < -0.39 is 5.54 Å². The van der Waals surface area contributed by atoms with Crippen LogP contribution >= 0.6 is 24.8 Å². The first-order valence-corrected chi connectivity index (χ1v) is 7.88. The number of nitrogens with zero attached hydrogens (tertiary/aromatic N) is 3. The quantitative estimate of drug-likeness (QED) is 0.782. The SMILES string of the molecule is CCN(CC)C(=O)CN1CCCN(C(=O)C(C)(C)N)CC1.Cl.Cl. The van der Waals surface area contributed by atoms with Gasteiger partial charge in [-0.25, -0.2) is 0 Å². The molecule has 8 heteroatoms. The Hall–Kier alpha value is -0.560. The van der Waals surface area contributed by atoms with Gasteiger partial charge in [0.2, 0.25) is 11.8 Å². The molecule has 0 atom stereocenters. The van der Waals surface area contributed by atoms with Crippen LogP contribution in [0, 0.1) is 0 Å². The molecule has 1 rings (SSSR count). The Kier molecular flexibility index (Phi) is 11.9. The van der Waals surface area contributed by atoms with Crippen LogP contribution < -0.4 is 5.73 Å². The number of rotatable bonds is 5. The summed E-state index contributed by atoms with van der Waals surface area (Å²) in [5.41, 5.74) is 5.06. The number of carbonyl (C=O) groups is 2. The monoisotopic (exact) mass is 370 g/mol. The molecule has 0 aromatic rings. The van der Waals surface area contributed by atoms with E-state index in [1.54, 1.807) is 13.8 Å². The van der Waals surface area contributed by atoms with Gasteiger partial charge < -0.3 is 15.5 Å². The van der Waals surface area contributed by atoms with E-state index in [4.69, 9.17) is 5.73 Å². The minimum absolute atomic E-state index is 0. The van der Waals surface area contributed by atoms with Crippen molar-refractivity contribution in [3.05, 3.63) is 0 Å². The smallest absolute Gasteiger partial charge is 0.242 e. The van der Waals surface area contributed by atoms with Crippen LogP contribution in [-0.4, -0.2) is 77.9 Å². The maximum absolute atomic E-state index is 12.2. The Morgan fingerprint density at radius 2 is 1.61 bits per heavy atom. The number of carbonyl (C=O) groups excluding carboxylic acids is 2. The molecular formula is C15H32Cl2N4O2. The number of amides is 2. The van der Waals surface area contributed by atoms with Gasteiger partial charge in [0.1, 0.15) is 0 Å². The van der Waals surface area contributed by atoms with Gasteiger partial charge in [0.05, 0.1) is 12.1 Å². The summed E-state index contributed by atoms with van der Waals surface area (Å²) >= 11 is 0. The van der Waals surface area contributed by atoms with E-state index in [1.807, 2.05) is 23.6 Å². The average Bonchev–Trinajstić information content (AvgIpc) is 2.63. The highest BCUT2D eigenvalue weighted by Crippen LogP contribution is 2.09. The zero-order chi connectivity index (χ0) is 16.0. The lowest BCUT2D eigenvalue weighted by Gasteiger charge is -2.28. The Morgan fingerprint density at radius 3 is 2.09 bits per heavy atom. The molecule has 0 saturated carbocycles. The van der Waals surface area contributed by atoms with Crippen molar-refractivity contribution in [3.63, 3.8) is 0 Å². The van der Waals surface area contributed by atoms with Gasteiger partial charge in [-0.15, -0.1) is 24.8 Å². The summed E-state index contributed by atoms with van der Waals surface area (Å²) in [6.45, 7) is 12.3. The molecule has 0 aromatic carbocycles. The zero-order valence-electron chi connectivity index (χ0n) is 14.7. The van der Waals surface area contributed by atoms with Crippen molar-refractivity contribution in [1.82, 2.24) is 14.7 Å². The third-order valence-corrected chi connectivity index (χ3v) is 3.90. The average molecular weight is 371 g/mol. The summed E-state index contributed by atoms with van der Waals surface area (Å²) in [5, 5.41) is 0. The van der Waals surface area contributed by atoms with Crippen LogP contribution in [0.4, 0.5) is 0 Å². The van der Waals surface area contributed by atoms with Crippen molar-refractivity contribution < 1.29 is 9.59 Å². The van der Waals surface area contributed by atoms with E-state index in [-0.39, 0.29) is 36.6 Å². The van der Waals surface area contributed by atoms with E-state index in [0.717, 1.165) is 39.1 Å². The third kappa shape index (κ3) is 7.70. The molecule has 2 amide bonds. The molecule has 1 saturated heterocycles. The Bertz CT molecular complexity index is 371. The van der Waals surface area contributed by atoms with Gasteiger partial charge in [0.25, 0.3) is 0 Å². The van der Waals surface area contributed by atoms with Crippen molar-refractivity contribution in [2.75, 3.05) is 45.8 Å². The summed E-state index contributed by atoms with van der Waals surface area (Å²) in [6.07, 6.45) is 0.882. The number of nitrogens with two attached hydrogens (primary N) is 1. The topological polar surface area (TPSA) is 69.9 Å². The molecule has 1 fully saturated rings. The van der Waals surface area contributed by atoms with Crippen molar-refractivity contribution in [2.24, 2.45) is 5.73 Å². The molecule has 0 aliphatic carbocycles. The fraction of sp³-hybridized carbons (Fsp3) is 0.867. The highest BCUT2D eigenvalue weighted by atomic mass is 35.5. The molecule has 2 N–H and O–H groups in total. The van der Waals surface area contributed by atoms with Gasteiger partial charge in [0, 0.05) is 39.3 Å². The van der Waals surface area contributed by atoms with E-state index >= 15 is 0 Å². The lowest BCUT2D eigenvalue weighted by Crippen LogP contribution is -2.52. The van der Waals surface area contributed by atoms with Crippen molar-refractivity contribution in [1.29, 1.82) is 0 Å². The Balaban J connectivity index is 0. The lowest BCUT2D eigenvalue weighted by atomic mass is 10.1.